The minimum atomic E-state index is 0.715. The molecule has 3 rings (SSSR count). The zero-order valence-electron chi connectivity index (χ0n) is 8.93. The van der Waals surface area contributed by atoms with Crippen molar-refractivity contribution < 1.29 is 0 Å². The van der Waals surface area contributed by atoms with Gasteiger partial charge in [0.15, 0.2) is 0 Å². The summed E-state index contributed by atoms with van der Waals surface area (Å²) >= 11 is 0. The molecule has 0 atom stereocenters. The van der Waals surface area contributed by atoms with E-state index < -0.39 is 0 Å². The van der Waals surface area contributed by atoms with E-state index in [0.29, 0.717) is 5.92 Å². The lowest BCUT2D eigenvalue weighted by atomic mass is 10.2. The molecule has 0 aliphatic heterocycles. The Morgan fingerprint density at radius 3 is 2.56 bits per heavy atom. The van der Waals surface area contributed by atoms with Crippen molar-refractivity contribution >= 4 is 11.4 Å². The zero-order valence-corrected chi connectivity index (χ0v) is 8.93. The topological polar surface area (TPSA) is 37.8 Å². The van der Waals surface area contributed by atoms with Gasteiger partial charge in [0.2, 0.25) is 0 Å². The number of hydrogen-bond acceptors (Lipinski definition) is 3. The molecule has 1 N–H and O–H groups in total. The predicted octanol–water partition coefficient (Wildman–Crippen LogP) is 3.10. The average Bonchev–Trinajstić information content (AvgIpc) is 3.15. The Kier molecular flexibility index (Phi) is 2.29. The van der Waals surface area contributed by atoms with E-state index in [1.165, 1.54) is 18.5 Å². The number of rotatable bonds is 3. The summed E-state index contributed by atoms with van der Waals surface area (Å²) in [5, 5.41) is 3.27. The molecule has 0 bridgehead atoms. The first-order valence-corrected chi connectivity index (χ1v) is 5.55. The van der Waals surface area contributed by atoms with Gasteiger partial charge in [0.05, 0.1) is 23.8 Å². The van der Waals surface area contributed by atoms with Crippen LogP contribution in [0.25, 0.3) is 0 Å². The third kappa shape index (κ3) is 2.03. The van der Waals surface area contributed by atoms with Crippen molar-refractivity contribution in [2.75, 3.05) is 5.32 Å². The Bertz CT molecular complexity index is 460. The molecule has 80 valence electrons. The molecular formula is C13H13N3. The number of nitrogens with zero attached hydrogens (tertiary/aromatic N) is 2. The van der Waals surface area contributed by atoms with E-state index in [1.54, 1.807) is 12.4 Å². The maximum Gasteiger partial charge on any atom is 0.0571 e. The zero-order chi connectivity index (χ0) is 10.8. The Labute approximate surface area is 94.6 Å². The van der Waals surface area contributed by atoms with Gasteiger partial charge in [-0.3, -0.25) is 9.97 Å². The fraction of sp³-hybridized carbons (Fsp3) is 0.231. The summed E-state index contributed by atoms with van der Waals surface area (Å²) in [6.07, 6.45) is 8.04. The number of nitrogens with one attached hydrogen (secondary N) is 1. The maximum absolute atomic E-state index is 4.45. The van der Waals surface area contributed by atoms with Crippen molar-refractivity contribution in [1.82, 2.24) is 9.97 Å². The Morgan fingerprint density at radius 1 is 1.06 bits per heavy atom. The molecule has 3 heteroatoms. The van der Waals surface area contributed by atoms with Gasteiger partial charge in [-0.25, -0.2) is 0 Å². The first-order valence-electron chi connectivity index (χ1n) is 5.55. The van der Waals surface area contributed by atoms with E-state index in [1.807, 2.05) is 18.3 Å². The van der Waals surface area contributed by atoms with E-state index in [0.717, 1.165) is 11.4 Å². The van der Waals surface area contributed by atoms with Gasteiger partial charge in [0.1, 0.15) is 0 Å². The predicted molar refractivity (Wildman–Crippen MR) is 63.7 cm³/mol. The fourth-order valence-corrected chi connectivity index (χ4v) is 1.70. The summed E-state index contributed by atoms with van der Waals surface area (Å²) in [4.78, 5) is 8.51. The molecule has 0 unspecified atom stereocenters. The van der Waals surface area contributed by atoms with E-state index in [2.05, 4.69) is 27.4 Å². The molecule has 2 aromatic heterocycles. The van der Waals surface area contributed by atoms with Gasteiger partial charge in [-0.15, -0.1) is 0 Å². The van der Waals surface area contributed by atoms with Crippen molar-refractivity contribution in [1.29, 1.82) is 0 Å². The second-order valence-corrected chi connectivity index (χ2v) is 4.11. The van der Waals surface area contributed by atoms with Gasteiger partial charge in [-0.2, -0.15) is 0 Å². The van der Waals surface area contributed by atoms with Crippen molar-refractivity contribution in [2.45, 2.75) is 18.8 Å². The number of aromatic nitrogens is 2. The molecule has 2 aromatic rings. The minimum Gasteiger partial charge on any atom is -0.353 e. The lowest BCUT2D eigenvalue weighted by Crippen LogP contribution is -1.93. The highest BCUT2D eigenvalue weighted by Gasteiger charge is 2.24. The van der Waals surface area contributed by atoms with Crippen molar-refractivity contribution in [3.05, 3.63) is 48.5 Å². The van der Waals surface area contributed by atoms with Gasteiger partial charge < -0.3 is 5.32 Å². The molecule has 1 fully saturated rings. The van der Waals surface area contributed by atoms with Crippen LogP contribution in [0.15, 0.2) is 42.9 Å². The molecule has 1 saturated carbocycles. The van der Waals surface area contributed by atoms with Crippen LogP contribution in [-0.4, -0.2) is 9.97 Å². The number of anilines is 2. The molecule has 0 saturated heterocycles. The first kappa shape index (κ1) is 9.33. The highest BCUT2D eigenvalue weighted by Crippen LogP contribution is 2.39. The lowest BCUT2D eigenvalue weighted by molar-refractivity contribution is 1.02. The smallest absolute Gasteiger partial charge is 0.0571 e. The summed E-state index contributed by atoms with van der Waals surface area (Å²) in [5.41, 5.74) is 3.22. The molecule has 0 aromatic carbocycles. The monoisotopic (exact) mass is 211 g/mol. The van der Waals surface area contributed by atoms with Crippen molar-refractivity contribution in [3.63, 3.8) is 0 Å². The standard InChI is InChI=1S/C13H13N3/c1-2-11(8-14-7-1)16-12-5-6-13(15-9-12)10-3-4-10/h1-2,5-10,16H,3-4H2. The van der Waals surface area contributed by atoms with Crippen LogP contribution >= 0.6 is 0 Å². The largest absolute Gasteiger partial charge is 0.353 e. The normalized spacial score (nSPS) is 14.8. The van der Waals surface area contributed by atoms with E-state index >= 15 is 0 Å². The Morgan fingerprint density at radius 2 is 1.94 bits per heavy atom. The quantitative estimate of drug-likeness (QED) is 0.847. The second-order valence-electron chi connectivity index (χ2n) is 4.11. The number of pyridine rings is 2. The van der Waals surface area contributed by atoms with Crippen LogP contribution in [0, 0.1) is 0 Å². The van der Waals surface area contributed by atoms with Gasteiger partial charge in [-0.05, 0) is 37.1 Å². The highest BCUT2D eigenvalue weighted by atomic mass is 14.9. The third-order valence-corrected chi connectivity index (χ3v) is 2.73. The van der Waals surface area contributed by atoms with Crippen molar-refractivity contribution in [2.24, 2.45) is 0 Å². The Hall–Kier alpha value is -1.90. The van der Waals surface area contributed by atoms with Crippen LogP contribution < -0.4 is 5.32 Å². The Balaban J connectivity index is 1.75. The number of hydrogen-bond donors (Lipinski definition) is 1. The molecule has 0 spiro atoms. The van der Waals surface area contributed by atoms with Crippen LogP contribution in [0.3, 0.4) is 0 Å². The van der Waals surface area contributed by atoms with Crippen molar-refractivity contribution in [3.8, 4) is 0 Å². The van der Waals surface area contributed by atoms with E-state index in [9.17, 15) is 0 Å². The van der Waals surface area contributed by atoms with Crippen LogP contribution in [0.4, 0.5) is 11.4 Å². The molecular weight excluding hydrogens is 198 g/mol. The highest BCUT2D eigenvalue weighted by molar-refractivity contribution is 5.57. The second kappa shape index (κ2) is 3.93. The third-order valence-electron chi connectivity index (χ3n) is 2.73. The molecule has 1 aliphatic rings. The summed E-state index contributed by atoms with van der Waals surface area (Å²) in [6.45, 7) is 0. The average molecular weight is 211 g/mol. The van der Waals surface area contributed by atoms with Crippen LogP contribution in [-0.2, 0) is 0 Å². The van der Waals surface area contributed by atoms with Crippen LogP contribution in [0.5, 0.6) is 0 Å². The molecule has 16 heavy (non-hydrogen) atoms. The van der Waals surface area contributed by atoms with Gasteiger partial charge in [0, 0.05) is 17.8 Å². The first-order chi connectivity index (χ1) is 7.92. The molecule has 1 aliphatic carbocycles. The fourth-order valence-electron chi connectivity index (χ4n) is 1.70. The summed E-state index contributed by atoms with van der Waals surface area (Å²) in [7, 11) is 0. The minimum absolute atomic E-state index is 0.715. The summed E-state index contributed by atoms with van der Waals surface area (Å²) in [6, 6.07) is 8.08. The van der Waals surface area contributed by atoms with Gasteiger partial charge >= 0.3 is 0 Å². The van der Waals surface area contributed by atoms with Crippen LogP contribution in [0.1, 0.15) is 24.5 Å². The molecule has 0 amide bonds. The molecule has 2 heterocycles. The summed E-state index contributed by atoms with van der Waals surface area (Å²) in [5.74, 6) is 0.715. The van der Waals surface area contributed by atoms with E-state index in [4.69, 9.17) is 0 Å². The summed E-state index contributed by atoms with van der Waals surface area (Å²) < 4.78 is 0. The van der Waals surface area contributed by atoms with Gasteiger partial charge in [0.25, 0.3) is 0 Å². The molecule has 0 radical (unpaired) electrons. The molecule has 3 nitrogen and oxygen atoms in total. The van der Waals surface area contributed by atoms with Crippen LogP contribution in [0.2, 0.25) is 0 Å². The maximum atomic E-state index is 4.45. The SMILES string of the molecule is c1cncc(Nc2ccc(C3CC3)nc2)c1. The van der Waals surface area contributed by atoms with Gasteiger partial charge in [-0.1, -0.05) is 0 Å². The lowest BCUT2D eigenvalue weighted by Gasteiger charge is -2.05. The van der Waals surface area contributed by atoms with E-state index in [-0.39, 0.29) is 0 Å².